The van der Waals surface area contributed by atoms with Gasteiger partial charge in [-0.15, -0.1) is 0 Å². The maximum atomic E-state index is 13.1. The Morgan fingerprint density at radius 3 is 2.93 bits per heavy atom. The molecule has 0 aliphatic rings. The third kappa shape index (κ3) is 2.74. The van der Waals surface area contributed by atoms with E-state index in [1.54, 1.807) is 0 Å². The lowest BCUT2D eigenvalue weighted by atomic mass is 10.2. The van der Waals surface area contributed by atoms with Crippen LogP contribution in [0.1, 0.15) is 5.56 Å². The highest BCUT2D eigenvalue weighted by Crippen LogP contribution is 2.29. The lowest BCUT2D eigenvalue weighted by molar-refractivity contribution is 0.621. The zero-order valence-corrected chi connectivity index (χ0v) is 9.32. The van der Waals surface area contributed by atoms with Gasteiger partial charge in [-0.05, 0) is 35.3 Å². The van der Waals surface area contributed by atoms with Crippen LogP contribution >= 0.6 is 23.3 Å². The number of hydrogen-bond acceptors (Lipinski definition) is 5. The minimum atomic E-state index is -0.273. The van der Waals surface area contributed by atoms with Gasteiger partial charge < -0.3 is 5.73 Å². The van der Waals surface area contributed by atoms with Gasteiger partial charge in [-0.25, -0.2) is 9.37 Å². The Labute approximate surface area is 94.7 Å². The number of rotatable bonds is 3. The van der Waals surface area contributed by atoms with Crippen molar-refractivity contribution in [2.45, 2.75) is 15.8 Å². The Hall–Kier alpha value is -0.980. The molecule has 1 heterocycles. The van der Waals surface area contributed by atoms with Crippen molar-refractivity contribution in [1.29, 1.82) is 0 Å². The van der Waals surface area contributed by atoms with Crippen LogP contribution in [0, 0.1) is 5.82 Å². The minimum absolute atomic E-state index is 0.273. The Kier molecular flexibility index (Phi) is 3.30. The van der Waals surface area contributed by atoms with Gasteiger partial charge in [0.1, 0.15) is 12.1 Å². The summed E-state index contributed by atoms with van der Waals surface area (Å²) in [4.78, 5) is 4.81. The molecule has 0 aliphatic carbocycles. The molecule has 15 heavy (non-hydrogen) atoms. The van der Waals surface area contributed by atoms with Crippen LogP contribution in [0.15, 0.2) is 33.8 Å². The summed E-state index contributed by atoms with van der Waals surface area (Å²) in [5.41, 5.74) is 6.24. The molecule has 0 spiro atoms. The molecule has 2 rings (SSSR count). The first-order valence-electron chi connectivity index (χ1n) is 4.22. The fraction of sp³-hybridized carbons (Fsp3) is 0.111. The number of hydrogen-bond donors (Lipinski definition) is 1. The highest BCUT2D eigenvalue weighted by molar-refractivity contribution is 8.01. The zero-order chi connectivity index (χ0) is 10.7. The average molecular weight is 241 g/mol. The van der Waals surface area contributed by atoms with Gasteiger partial charge in [0.2, 0.25) is 0 Å². The molecule has 0 radical (unpaired) electrons. The summed E-state index contributed by atoms with van der Waals surface area (Å²) in [5, 5.41) is 0. The number of aromatic nitrogens is 2. The van der Waals surface area contributed by atoms with Crippen LogP contribution in [0.5, 0.6) is 0 Å². The van der Waals surface area contributed by atoms with Crippen LogP contribution < -0.4 is 5.73 Å². The third-order valence-corrected chi connectivity index (χ3v) is 3.40. The largest absolute Gasteiger partial charge is 0.326 e. The Bertz CT molecular complexity index is 445. The fourth-order valence-corrected chi connectivity index (χ4v) is 2.64. The van der Waals surface area contributed by atoms with Gasteiger partial charge in [0.25, 0.3) is 0 Å². The minimum Gasteiger partial charge on any atom is -0.326 e. The molecule has 0 fully saturated rings. The van der Waals surface area contributed by atoms with Gasteiger partial charge in [0.15, 0.2) is 4.34 Å². The van der Waals surface area contributed by atoms with Crippen LogP contribution in [0.3, 0.4) is 0 Å². The van der Waals surface area contributed by atoms with Crippen molar-refractivity contribution in [3.8, 4) is 0 Å². The molecule has 1 aromatic carbocycles. The van der Waals surface area contributed by atoms with Gasteiger partial charge in [0.05, 0.1) is 0 Å². The first-order valence-corrected chi connectivity index (χ1v) is 5.81. The molecule has 6 heteroatoms. The summed E-state index contributed by atoms with van der Waals surface area (Å²) in [6.07, 6.45) is 1.48. The summed E-state index contributed by atoms with van der Waals surface area (Å²) in [7, 11) is 0. The standard InChI is InChI=1S/C9H8FN3S2/c10-7-1-6(4-11)2-8(3-7)14-9-12-5-13-15-9/h1-3,5H,4,11H2. The van der Waals surface area contributed by atoms with Crippen LogP contribution in [-0.2, 0) is 6.54 Å². The van der Waals surface area contributed by atoms with E-state index in [0.717, 1.165) is 14.8 Å². The second-order valence-electron chi connectivity index (χ2n) is 2.81. The maximum absolute atomic E-state index is 13.1. The quantitative estimate of drug-likeness (QED) is 0.895. The van der Waals surface area contributed by atoms with E-state index in [9.17, 15) is 4.39 Å². The molecule has 2 N–H and O–H groups in total. The van der Waals surface area contributed by atoms with Crippen molar-refractivity contribution in [3.63, 3.8) is 0 Å². The molecule has 2 aromatic rings. The molecule has 78 valence electrons. The predicted octanol–water partition coefficient (Wildman–Crippen LogP) is 2.29. The van der Waals surface area contributed by atoms with E-state index < -0.39 is 0 Å². The van der Waals surface area contributed by atoms with Crippen molar-refractivity contribution >= 4 is 23.3 Å². The Morgan fingerprint density at radius 2 is 2.27 bits per heavy atom. The lowest BCUT2D eigenvalue weighted by Crippen LogP contribution is -1.96. The highest BCUT2D eigenvalue weighted by Gasteiger charge is 2.04. The van der Waals surface area contributed by atoms with Crippen molar-refractivity contribution in [2.24, 2.45) is 5.73 Å². The molecular weight excluding hydrogens is 233 g/mol. The van der Waals surface area contributed by atoms with Crippen molar-refractivity contribution < 1.29 is 4.39 Å². The SMILES string of the molecule is NCc1cc(F)cc(Sc2ncns2)c1. The highest BCUT2D eigenvalue weighted by atomic mass is 32.2. The van der Waals surface area contributed by atoms with E-state index in [-0.39, 0.29) is 5.82 Å². The Morgan fingerprint density at radius 1 is 1.40 bits per heavy atom. The molecule has 0 saturated carbocycles. The first-order chi connectivity index (χ1) is 7.28. The number of halogens is 1. The summed E-state index contributed by atoms with van der Waals surface area (Å²) >= 11 is 2.67. The predicted molar refractivity (Wildman–Crippen MR) is 58.3 cm³/mol. The second kappa shape index (κ2) is 4.69. The van der Waals surface area contributed by atoms with Gasteiger partial charge in [-0.3, -0.25) is 0 Å². The van der Waals surface area contributed by atoms with E-state index in [1.807, 2.05) is 6.07 Å². The topological polar surface area (TPSA) is 51.8 Å². The maximum Gasteiger partial charge on any atom is 0.174 e. The van der Waals surface area contributed by atoms with E-state index in [1.165, 1.54) is 41.8 Å². The molecule has 0 saturated heterocycles. The second-order valence-corrected chi connectivity index (χ2v) is 4.91. The van der Waals surface area contributed by atoms with Crippen molar-refractivity contribution in [2.75, 3.05) is 0 Å². The van der Waals surface area contributed by atoms with Gasteiger partial charge in [-0.2, -0.15) is 4.37 Å². The molecule has 3 nitrogen and oxygen atoms in total. The summed E-state index contributed by atoms with van der Waals surface area (Å²) < 4.78 is 17.8. The molecule has 0 bridgehead atoms. The third-order valence-electron chi connectivity index (χ3n) is 1.71. The Balaban J connectivity index is 2.24. The van der Waals surface area contributed by atoms with Crippen LogP contribution in [-0.4, -0.2) is 9.36 Å². The summed E-state index contributed by atoms with van der Waals surface area (Å²) in [6.45, 7) is 0.335. The smallest absolute Gasteiger partial charge is 0.174 e. The normalized spacial score (nSPS) is 10.5. The molecule has 1 aromatic heterocycles. The molecular formula is C9H8FN3S2. The first kappa shape index (κ1) is 10.5. The summed E-state index contributed by atoms with van der Waals surface area (Å²) in [5.74, 6) is -0.273. The van der Waals surface area contributed by atoms with E-state index in [2.05, 4.69) is 9.36 Å². The van der Waals surface area contributed by atoms with Crippen molar-refractivity contribution in [3.05, 3.63) is 35.9 Å². The van der Waals surface area contributed by atoms with Crippen LogP contribution in [0.2, 0.25) is 0 Å². The number of nitrogens with zero attached hydrogens (tertiary/aromatic N) is 2. The van der Waals surface area contributed by atoms with Gasteiger partial charge in [-0.1, -0.05) is 11.8 Å². The van der Waals surface area contributed by atoms with E-state index in [0.29, 0.717) is 6.54 Å². The summed E-state index contributed by atoms with van der Waals surface area (Å²) in [6, 6.07) is 4.75. The van der Waals surface area contributed by atoms with Crippen LogP contribution in [0.4, 0.5) is 4.39 Å². The molecule has 0 atom stereocenters. The van der Waals surface area contributed by atoms with Gasteiger partial charge in [0, 0.05) is 11.4 Å². The van der Waals surface area contributed by atoms with Crippen molar-refractivity contribution in [1.82, 2.24) is 9.36 Å². The lowest BCUT2D eigenvalue weighted by Gasteiger charge is -2.01. The monoisotopic (exact) mass is 241 g/mol. The molecule has 0 amide bonds. The number of benzene rings is 1. The molecule has 0 unspecified atom stereocenters. The van der Waals surface area contributed by atoms with Crippen LogP contribution in [0.25, 0.3) is 0 Å². The van der Waals surface area contributed by atoms with E-state index >= 15 is 0 Å². The fourth-order valence-electron chi connectivity index (χ4n) is 1.11. The number of nitrogens with two attached hydrogens (primary N) is 1. The zero-order valence-electron chi connectivity index (χ0n) is 7.68. The van der Waals surface area contributed by atoms with E-state index in [4.69, 9.17) is 5.73 Å². The molecule has 0 aliphatic heterocycles. The van der Waals surface area contributed by atoms with Gasteiger partial charge >= 0.3 is 0 Å². The average Bonchev–Trinajstić information content (AvgIpc) is 2.69.